The SMILES string of the molecule is O=C(Nc1cccc(-n2cnc3ccccc32)c1)c1ccc(O)cc1. The van der Waals surface area contributed by atoms with Crippen molar-refractivity contribution in [2.75, 3.05) is 5.32 Å². The van der Waals surface area contributed by atoms with Crippen molar-refractivity contribution >= 4 is 22.6 Å². The van der Waals surface area contributed by atoms with E-state index in [4.69, 9.17) is 0 Å². The number of hydrogen-bond acceptors (Lipinski definition) is 3. The van der Waals surface area contributed by atoms with Crippen LogP contribution < -0.4 is 5.32 Å². The summed E-state index contributed by atoms with van der Waals surface area (Å²) in [4.78, 5) is 16.7. The molecule has 0 radical (unpaired) electrons. The van der Waals surface area contributed by atoms with Gasteiger partial charge in [-0.25, -0.2) is 4.98 Å². The highest BCUT2D eigenvalue weighted by molar-refractivity contribution is 6.04. The molecular weight excluding hydrogens is 314 g/mol. The molecule has 2 N–H and O–H groups in total. The highest BCUT2D eigenvalue weighted by Gasteiger charge is 2.08. The number of aromatic hydroxyl groups is 1. The second-order valence-electron chi connectivity index (χ2n) is 5.65. The Hall–Kier alpha value is -3.60. The zero-order valence-corrected chi connectivity index (χ0v) is 13.3. The average Bonchev–Trinajstić information content (AvgIpc) is 3.06. The first-order chi connectivity index (χ1) is 12.2. The van der Waals surface area contributed by atoms with E-state index in [2.05, 4.69) is 10.3 Å². The molecule has 3 aromatic carbocycles. The van der Waals surface area contributed by atoms with Crippen LogP contribution in [0.25, 0.3) is 16.7 Å². The van der Waals surface area contributed by atoms with E-state index in [0.717, 1.165) is 16.7 Å². The molecular formula is C20H15N3O2. The Morgan fingerprint density at radius 3 is 2.60 bits per heavy atom. The van der Waals surface area contributed by atoms with Gasteiger partial charge in [-0.3, -0.25) is 9.36 Å². The number of imidazole rings is 1. The molecule has 0 bridgehead atoms. The Morgan fingerprint density at radius 2 is 1.76 bits per heavy atom. The van der Waals surface area contributed by atoms with E-state index in [1.807, 2.05) is 53.1 Å². The third-order valence-electron chi connectivity index (χ3n) is 3.97. The Balaban J connectivity index is 1.63. The number of benzene rings is 3. The molecule has 1 aromatic heterocycles. The number of amides is 1. The van der Waals surface area contributed by atoms with E-state index in [1.54, 1.807) is 18.5 Å². The van der Waals surface area contributed by atoms with Gasteiger partial charge in [0.05, 0.1) is 11.0 Å². The van der Waals surface area contributed by atoms with Gasteiger partial charge in [0.15, 0.2) is 0 Å². The van der Waals surface area contributed by atoms with Gasteiger partial charge < -0.3 is 10.4 Å². The fourth-order valence-electron chi connectivity index (χ4n) is 2.71. The molecule has 0 saturated carbocycles. The van der Waals surface area contributed by atoms with Crippen LogP contribution in [-0.4, -0.2) is 20.6 Å². The topological polar surface area (TPSA) is 67.2 Å². The molecule has 0 aliphatic rings. The first-order valence-electron chi connectivity index (χ1n) is 7.84. The molecule has 0 spiro atoms. The van der Waals surface area contributed by atoms with Gasteiger partial charge in [0, 0.05) is 16.9 Å². The molecule has 1 heterocycles. The first-order valence-corrected chi connectivity index (χ1v) is 7.84. The lowest BCUT2D eigenvalue weighted by atomic mass is 10.2. The largest absolute Gasteiger partial charge is 0.508 e. The minimum atomic E-state index is -0.229. The minimum Gasteiger partial charge on any atom is -0.508 e. The summed E-state index contributed by atoms with van der Waals surface area (Å²) in [7, 11) is 0. The van der Waals surface area contributed by atoms with Crippen LogP contribution in [-0.2, 0) is 0 Å². The average molecular weight is 329 g/mol. The van der Waals surface area contributed by atoms with Crippen LogP contribution in [0.4, 0.5) is 5.69 Å². The van der Waals surface area contributed by atoms with E-state index < -0.39 is 0 Å². The maximum atomic E-state index is 12.3. The lowest BCUT2D eigenvalue weighted by Crippen LogP contribution is -2.11. The van der Waals surface area contributed by atoms with Gasteiger partial charge in [-0.15, -0.1) is 0 Å². The summed E-state index contributed by atoms with van der Waals surface area (Å²) in [5.74, 6) is -0.0989. The molecule has 0 fully saturated rings. The molecule has 0 atom stereocenters. The van der Waals surface area contributed by atoms with Crippen molar-refractivity contribution in [3.63, 3.8) is 0 Å². The van der Waals surface area contributed by atoms with Crippen molar-refractivity contribution in [3.8, 4) is 11.4 Å². The van der Waals surface area contributed by atoms with Gasteiger partial charge in [0.1, 0.15) is 12.1 Å². The van der Waals surface area contributed by atoms with Crippen LogP contribution in [0.15, 0.2) is 79.1 Å². The Morgan fingerprint density at radius 1 is 0.960 bits per heavy atom. The predicted octanol–water partition coefficient (Wildman–Crippen LogP) is 3.98. The summed E-state index contributed by atoms with van der Waals surface area (Å²) in [6, 6.07) is 21.6. The smallest absolute Gasteiger partial charge is 0.255 e. The summed E-state index contributed by atoms with van der Waals surface area (Å²) < 4.78 is 1.98. The van der Waals surface area contributed by atoms with Crippen molar-refractivity contribution in [2.45, 2.75) is 0 Å². The summed E-state index contributed by atoms with van der Waals surface area (Å²) in [6.07, 6.45) is 1.77. The van der Waals surface area contributed by atoms with E-state index in [-0.39, 0.29) is 11.7 Å². The van der Waals surface area contributed by atoms with E-state index in [9.17, 15) is 9.90 Å². The standard InChI is InChI=1S/C20H15N3O2/c24-17-10-8-14(9-11-17)20(25)22-15-4-3-5-16(12-15)23-13-21-18-6-1-2-7-19(18)23/h1-13,24H,(H,22,25). The summed E-state index contributed by atoms with van der Waals surface area (Å²) in [5.41, 5.74) is 4.01. The van der Waals surface area contributed by atoms with Crippen molar-refractivity contribution in [3.05, 3.63) is 84.7 Å². The number of rotatable bonds is 3. The van der Waals surface area contributed by atoms with Crippen molar-refractivity contribution < 1.29 is 9.90 Å². The van der Waals surface area contributed by atoms with Crippen LogP contribution in [0.2, 0.25) is 0 Å². The number of carbonyl (C=O) groups excluding carboxylic acids is 1. The van der Waals surface area contributed by atoms with Crippen LogP contribution in [0.3, 0.4) is 0 Å². The second-order valence-corrected chi connectivity index (χ2v) is 5.65. The van der Waals surface area contributed by atoms with Crippen LogP contribution in [0, 0.1) is 0 Å². The molecule has 5 nitrogen and oxygen atoms in total. The number of phenolic OH excluding ortho intramolecular Hbond substituents is 1. The van der Waals surface area contributed by atoms with Gasteiger partial charge in [0.25, 0.3) is 5.91 Å². The number of aromatic nitrogens is 2. The minimum absolute atomic E-state index is 0.130. The number of fused-ring (bicyclic) bond motifs is 1. The number of para-hydroxylation sites is 2. The van der Waals surface area contributed by atoms with Crippen molar-refractivity contribution in [2.24, 2.45) is 0 Å². The molecule has 1 amide bonds. The number of hydrogen-bond donors (Lipinski definition) is 2. The number of nitrogens with one attached hydrogen (secondary N) is 1. The molecule has 0 unspecified atom stereocenters. The third-order valence-corrected chi connectivity index (χ3v) is 3.97. The normalized spacial score (nSPS) is 10.7. The maximum Gasteiger partial charge on any atom is 0.255 e. The fourth-order valence-corrected chi connectivity index (χ4v) is 2.71. The Bertz CT molecular complexity index is 1050. The molecule has 0 saturated heterocycles. The van der Waals surface area contributed by atoms with Crippen molar-refractivity contribution in [1.82, 2.24) is 9.55 Å². The Kier molecular flexibility index (Phi) is 3.67. The zero-order chi connectivity index (χ0) is 17.2. The molecule has 0 aliphatic carbocycles. The van der Waals surface area contributed by atoms with Gasteiger partial charge in [-0.05, 0) is 54.6 Å². The number of anilines is 1. The van der Waals surface area contributed by atoms with Gasteiger partial charge >= 0.3 is 0 Å². The van der Waals surface area contributed by atoms with E-state index in [0.29, 0.717) is 11.3 Å². The van der Waals surface area contributed by atoms with E-state index >= 15 is 0 Å². The predicted molar refractivity (Wildman–Crippen MR) is 97.1 cm³/mol. The summed E-state index contributed by atoms with van der Waals surface area (Å²) in [5, 5.41) is 12.2. The second kappa shape index (κ2) is 6.13. The van der Waals surface area contributed by atoms with Gasteiger partial charge in [-0.2, -0.15) is 0 Å². The fraction of sp³-hybridized carbons (Fsp3) is 0. The quantitative estimate of drug-likeness (QED) is 0.597. The lowest BCUT2D eigenvalue weighted by molar-refractivity contribution is 0.102. The van der Waals surface area contributed by atoms with Crippen LogP contribution in [0.5, 0.6) is 5.75 Å². The van der Waals surface area contributed by atoms with E-state index in [1.165, 1.54) is 12.1 Å². The molecule has 0 aliphatic heterocycles. The highest BCUT2D eigenvalue weighted by Crippen LogP contribution is 2.21. The molecule has 122 valence electrons. The molecule has 4 rings (SSSR count). The molecule has 25 heavy (non-hydrogen) atoms. The maximum absolute atomic E-state index is 12.3. The zero-order valence-electron chi connectivity index (χ0n) is 13.3. The first kappa shape index (κ1) is 15.0. The Labute approximate surface area is 144 Å². The van der Waals surface area contributed by atoms with Gasteiger partial charge in [0.2, 0.25) is 0 Å². The molecule has 4 aromatic rings. The number of nitrogens with zero attached hydrogens (tertiary/aromatic N) is 2. The van der Waals surface area contributed by atoms with Crippen LogP contribution in [0.1, 0.15) is 10.4 Å². The lowest BCUT2D eigenvalue weighted by Gasteiger charge is -2.09. The highest BCUT2D eigenvalue weighted by atomic mass is 16.3. The third kappa shape index (κ3) is 2.95. The summed E-state index contributed by atoms with van der Waals surface area (Å²) in [6.45, 7) is 0. The molecule has 5 heteroatoms. The van der Waals surface area contributed by atoms with Crippen molar-refractivity contribution in [1.29, 1.82) is 0 Å². The van der Waals surface area contributed by atoms with Crippen LogP contribution >= 0.6 is 0 Å². The number of phenols is 1. The number of carbonyl (C=O) groups is 1. The summed E-state index contributed by atoms with van der Waals surface area (Å²) >= 11 is 0. The monoisotopic (exact) mass is 329 g/mol. The van der Waals surface area contributed by atoms with Gasteiger partial charge in [-0.1, -0.05) is 18.2 Å².